The molecule has 16 nitrogen and oxygen atoms in total. The second-order valence-electron chi connectivity index (χ2n) is 9.79. The summed E-state index contributed by atoms with van der Waals surface area (Å²) in [5.41, 5.74) is 1.94. The second kappa shape index (κ2) is 10.2. The molecular weight excluding hydrogens is 620 g/mol. The van der Waals surface area contributed by atoms with Crippen LogP contribution in [0.25, 0.3) is 0 Å². The van der Waals surface area contributed by atoms with Crippen molar-refractivity contribution >= 4 is 60.5 Å². The Bertz CT molecular complexity index is 2280. The van der Waals surface area contributed by atoms with E-state index in [0.29, 0.717) is 0 Å². The molecule has 0 spiro atoms. The number of fused-ring (bicyclic) bond motifs is 2. The van der Waals surface area contributed by atoms with Gasteiger partial charge in [-0.25, -0.2) is 9.59 Å². The number of nitrogens with zero attached hydrogens (tertiary/aromatic N) is 1. The molecule has 228 valence electrons. The van der Waals surface area contributed by atoms with E-state index < -0.39 is 70.2 Å². The van der Waals surface area contributed by atoms with Crippen molar-refractivity contribution in [1.82, 2.24) is 15.0 Å². The highest BCUT2D eigenvalue weighted by Crippen LogP contribution is 2.43. The van der Waals surface area contributed by atoms with Gasteiger partial charge in [0.25, 0.3) is 20.2 Å². The molecule has 1 aliphatic rings. The van der Waals surface area contributed by atoms with E-state index in [1.165, 1.54) is 45.0 Å². The predicted molar refractivity (Wildman–Crippen MR) is 156 cm³/mol. The van der Waals surface area contributed by atoms with Gasteiger partial charge in [0.15, 0.2) is 11.6 Å². The maximum absolute atomic E-state index is 13.7. The lowest BCUT2D eigenvalue weighted by Gasteiger charge is -2.26. The third-order valence-corrected chi connectivity index (χ3v) is 9.11. The highest BCUT2D eigenvalue weighted by atomic mass is 32.2. The summed E-state index contributed by atoms with van der Waals surface area (Å²) in [6.07, 6.45) is 0. The Hall–Kier alpha value is -5.17. The van der Waals surface area contributed by atoms with Crippen molar-refractivity contribution in [1.29, 1.82) is 0 Å². The van der Waals surface area contributed by atoms with E-state index in [1.54, 1.807) is 0 Å². The average Bonchev–Trinajstić information content (AvgIpc) is 2.90. The van der Waals surface area contributed by atoms with Gasteiger partial charge in [0, 0.05) is 16.8 Å². The molecule has 0 saturated carbocycles. The largest absolute Gasteiger partial charge is 0.397 e. The lowest BCUT2D eigenvalue weighted by atomic mass is 9.82. The van der Waals surface area contributed by atoms with Crippen LogP contribution in [0.3, 0.4) is 0 Å². The van der Waals surface area contributed by atoms with Crippen LogP contribution in [0.2, 0.25) is 0 Å². The molecular formula is C26H22N6O10S2. The smallest absolute Gasteiger partial charge is 0.352 e. The van der Waals surface area contributed by atoms with Crippen molar-refractivity contribution in [2.24, 2.45) is 0 Å². The van der Waals surface area contributed by atoms with E-state index >= 15 is 0 Å². The number of hydrogen-bond donors (Lipinski definition) is 7. The minimum atomic E-state index is -5.07. The van der Waals surface area contributed by atoms with Crippen molar-refractivity contribution in [3.63, 3.8) is 0 Å². The Balaban J connectivity index is 1.83. The number of benzene rings is 3. The van der Waals surface area contributed by atoms with Gasteiger partial charge in [0.2, 0.25) is 5.95 Å². The molecule has 0 aliphatic heterocycles. The van der Waals surface area contributed by atoms with Crippen LogP contribution < -0.4 is 27.7 Å². The van der Waals surface area contributed by atoms with Crippen LogP contribution in [-0.2, 0) is 20.2 Å². The highest BCUT2D eigenvalue weighted by molar-refractivity contribution is 7.86. The summed E-state index contributed by atoms with van der Waals surface area (Å²) in [5.74, 6) is -1.92. The molecule has 0 saturated heterocycles. The number of aromatic amines is 2. The molecule has 44 heavy (non-hydrogen) atoms. The first-order valence-corrected chi connectivity index (χ1v) is 15.3. The molecule has 0 amide bonds. The summed E-state index contributed by atoms with van der Waals surface area (Å²) in [6.45, 7) is 4.08. The molecule has 0 radical (unpaired) electrons. The maximum atomic E-state index is 13.7. The number of carbonyl (C=O) groups excluding carboxylic acids is 2. The zero-order valence-corrected chi connectivity index (χ0v) is 24.5. The van der Waals surface area contributed by atoms with Crippen molar-refractivity contribution in [3.05, 3.63) is 90.2 Å². The minimum Gasteiger partial charge on any atom is -0.397 e. The van der Waals surface area contributed by atoms with Gasteiger partial charge in [-0.1, -0.05) is 24.3 Å². The van der Waals surface area contributed by atoms with E-state index in [4.69, 9.17) is 5.73 Å². The molecule has 3 aromatic carbocycles. The molecule has 4 aromatic rings. The topological polar surface area (TPSA) is 272 Å². The fraction of sp³-hybridized carbons (Fsp3) is 0.115. The first-order chi connectivity index (χ1) is 20.4. The Morgan fingerprint density at radius 2 is 1.32 bits per heavy atom. The summed E-state index contributed by atoms with van der Waals surface area (Å²) in [6, 6.07) is 6.55. The second-order valence-corrected chi connectivity index (χ2v) is 12.5. The number of aromatic nitrogens is 3. The Kier molecular flexibility index (Phi) is 7.04. The molecule has 0 fully saturated rings. The normalized spacial score (nSPS) is 12.9. The Labute approximate surface area is 247 Å². The summed E-state index contributed by atoms with van der Waals surface area (Å²) in [5, 5.41) is 5.44. The molecule has 1 aliphatic carbocycles. The monoisotopic (exact) mass is 642 g/mol. The lowest BCUT2D eigenvalue weighted by molar-refractivity contribution is 0.0980. The highest BCUT2D eigenvalue weighted by Gasteiger charge is 2.37. The first kappa shape index (κ1) is 30.3. The van der Waals surface area contributed by atoms with Crippen LogP contribution in [0, 0.1) is 20.8 Å². The number of carbonyl (C=O) groups is 2. The number of nitrogens with two attached hydrogens (primary N) is 1. The maximum Gasteiger partial charge on any atom is 0.352 e. The van der Waals surface area contributed by atoms with E-state index in [-0.39, 0.29) is 50.4 Å². The molecule has 8 N–H and O–H groups in total. The van der Waals surface area contributed by atoms with Crippen LogP contribution >= 0.6 is 0 Å². The number of nitrogen functional groups attached to an aromatic ring is 1. The van der Waals surface area contributed by atoms with Crippen molar-refractivity contribution < 1.29 is 35.5 Å². The molecule has 18 heteroatoms. The summed E-state index contributed by atoms with van der Waals surface area (Å²) in [7, 11) is -10.0. The van der Waals surface area contributed by atoms with Crippen LogP contribution in [0.5, 0.6) is 0 Å². The zero-order valence-electron chi connectivity index (χ0n) is 22.9. The van der Waals surface area contributed by atoms with Gasteiger partial charge in [-0.3, -0.25) is 28.7 Å². The number of rotatable bonds is 6. The fourth-order valence-electron chi connectivity index (χ4n) is 5.27. The van der Waals surface area contributed by atoms with E-state index in [9.17, 15) is 45.1 Å². The van der Waals surface area contributed by atoms with Gasteiger partial charge < -0.3 is 16.4 Å². The quantitative estimate of drug-likeness (QED) is 0.103. The van der Waals surface area contributed by atoms with Crippen molar-refractivity contribution in [3.8, 4) is 0 Å². The fourth-order valence-corrected chi connectivity index (χ4v) is 6.89. The predicted octanol–water partition coefficient (Wildman–Crippen LogP) is 1.72. The van der Waals surface area contributed by atoms with Crippen LogP contribution in [0.4, 0.5) is 28.7 Å². The van der Waals surface area contributed by atoms with Crippen LogP contribution in [0.1, 0.15) is 48.5 Å². The summed E-state index contributed by atoms with van der Waals surface area (Å²) in [4.78, 5) is 57.0. The Morgan fingerprint density at radius 3 is 1.84 bits per heavy atom. The average molecular weight is 643 g/mol. The molecule has 0 unspecified atom stereocenters. The zero-order chi connectivity index (χ0) is 32.5. The van der Waals surface area contributed by atoms with Gasteiger partial charge in [0.05, 0.1) is 28.2 Å². The lowest BCUT2D eigenvalue weighted by Crippen LogP contribution is -2.26. The SMILES string of the molecule is Cc1c(Nc2nc(=O)[nH]c(=O)[nH]2)c(C)c(S(=O)(=O)O)c(C)c1Nc1cc(S(=O)(=O)O)c(N)c2c1C(=O)c1ccccc1C2=O. The van der Waals surface area contributed by atoms with Crippen molar-refractivity contribution in [2.75, 3.05) is 16.4 Å². The van der Waals surface area contributed by atoms with E-state index in [2.05, 4.69) is 20.6 Å². The number of ketones is 2. The first-order valence-electron chi connectivity index (χ1n) is 12.4. The summed E-state index contributed by atoms with van der Waals surface area (Å²) < 4.78 is 69.8. The summed E-state index contributed by atoms with van der Waals surface area (Å²) >= 11 is 0. The van der Waals surface area contributed by atoms with Gasteiger partial charge in [-0.05, 0) is 43.5 Å². The molecule has 1 heterocycles. The van der Waals surface area contributed by atoms with Gasteiger partial charge in [0.1, 0.15) is 9.79 Å². The van der Waals surface area contributed by atoms with E-state index in [0.717, 1.165) is 6.07 Å². The number of nitrogens with one attached hydrogen (secondary N) is 4. The Morgan fingerprint density at radius 1 is 0.773 bits per heavy atom. The molecule has 0 bridgehead atoms. The third kappa shape index (κ3) is 4.94. The minimum absolute atomic E-state index is 0.0188. The van der Waals surface area contributed by atoms with Gasteiger partial charge >= 0.3 is 11.4 Å². The third-order valence-electron chi connectivity index (χ3n) is 7.09. The van der Waals surface area contributed by atoms with Crippen LogP contribution in [0.15, 0.2) is 49.7 Å². The van der Waals surface area contributed by atoms with Gasteiger partial charge in [-0.15, -0.1) is 0 Å². The van der Waals surface area contributed by atoms with Gasteiger partial charge in [-0.2, -0.15) is 21.8 Å². The molecule has 5 rings (SSSR count). The van der Waals surface area contributed by atoms with Crippen molar-refractivity contribution in [2.45, 2.75) is 30.6 Å². The molecule has 0 atom stereocenters. The molecule has 1 aromatic heterocycles. The standard InChI is InChI=1S/C26H22N6O10S2/c1-9-19(10(2)23(44(40,41)42)11(3)20(9)29-24-30-25(35)32-26(36)31-24)28-14-8-15(43(37,38)39)18(27)17-16(14)21(33)12-6-4-5-7-13(12)22(17)34/h4-8,28H,27H2,1-3H3,(H,37,38,39)(H,40,41,42)(H3,29,30,31,32,35,36). The number of hydrogen-bond acceptors (Lipinski definition) is 12. The van der Waals surface area contributed by atoms with Crippen LogP contribution in [-0.4, -0.2) is 52.5 Å². The number of anilines is 5. The number of H-pyrrole nitrogens is 2. The van der Waals surface area contributed by atoms with E-state index in [1.807, 2.05) is 4.98 Å².